The lowest BCUT2D eigenvalue weighted by Gasteiger charge is -2.31. The van der Waals surface area contributed by atoms with E-state index in [2.05, 4.69) is 0 Å². The fourth-order valence-corrected chi connectivity index (χ4v) is 2.06. The molecule has 22 heavy (non-hydrogen) atoms. The summed E-state index contributed by atoms with van der Waals surface area (Å²) in [6.07, 6.45) is -6.83. The van der Waals surface area contributed by atoms with E-state index in [1.54, 1.807) is 6.07 Å². The molecular weight excluding hydrogens is 308 g/mol. The van der Waals surface area contributed by atoms with Crippen LogP contribution in [0.2, 0.25) is 0 Å². The second kappa shape index (κ2) is 5.84. The van der Waals surface area contributed by atoms with Crippen molar-refractivity contribution in [2.45, 2.75) is 18.6 Å². The van der Waals surface area contributed by atoms with Crippen LogP contribution in [0.5, 0.6) is 5.75 Å². The average molecular weight is 320 g/mol. The van der Waals surface area contributed by atoms with Gasteiger partial charge < -0.3 is 9.84 Å². The number of benzene rings is 1. The first-order valence-corrected chi connectivity index (χ1v) is 6.10. The van der Waals surface area contributed by atoms with Gasteiger partial charge in [0.05, 0.1) is 19.1 Å². The Kier molecular flexibility index (Phi) is 4.27. The fraction of sp³-hybridized carbons (Fsp3) is 0.308. The van der Waals surface area contributed by atoms with Crippen LogP contribution in [0.3, 0.4) is 0 Å². The molecular formula is C13H12F4N2O3. The first-order chi connectivity index (χ1) is 10.3. The van der Waals surface area contributed by atoms with E-state index in [-0.39, 0.29) is 16.3 Å². The summed E-state index contributed by atoms with van der Waals surface area (Å²) >= 11 is 0. The largest absolute Gasteiger partial charge is 0.496 e. The number of alkyl halides is 2. The number of nitrogens with one attached hydrogen (secondary N) is 1. The number of hydrazine groups is 1. The monoisotopic (exact) mass is 320 g/mol. The highest BCUT2D eigenvalue weighted by Gasteiger charge is 2.53. The van der Waals surface area contributed by atoms with Crippen molar-refractivity contribution in [3.8, 4) is 5.75 Å². The van der Waals surface area contributed by atoms with Gasteiger partial charge >= 0.3 is 0 Å². The normalized spacial score (nSPS) is 21.0. The average Bonchev–Trinajstić information content (AvgIpc) is 2.86. The van der Waals surface area contributed by atoms with Crippen molar-refractivity contribution in [1.29, 1.82) is 0 Å². The lowest BCUT2D eigenvalue weighted by molar-refractivity contribution is -0.168. The molecule has 1 aromatic carbocycles. The van der Waals surface area contributed by atoms with Gasteiger partial charge in [0.15, 0.2) is 0 Å². The standard InChI is InChI=1S/C13H12F4N2O3/c1-22-9-5-3-2-4-7(9)11(20)19-13(21,12(16)17)6-8(18-19)10(14)15/h2-5,12,18,21H,6H2,1H3. The molecule has 1 unspecified atom stereocenters. The number of carbonyl (C=O) groups excluding carboxylic acids is 1. The molecule has 0 bridgehead atoms. The van der Waals surface area contributed by atoms with Gasteiger partial charge in [-0.3, -0.25) is 10.2 Å². The molecule has 1 heterocycles. The van der Waals surface area contributed by atoms with Crippen molar-refractivity contribution in [2.75, 3.05) is 7.11 Å². The van der Waals surface area contributed by atoms with E-state index in [1.807, 2.05) is 5.43 Å². The van der Waals surface area contributed by atoms with Gasteiger partial charge in [-0.1, -0.05) is 12.1 Å². The zero-order chi connectivity index (χ0) is 16.5. The van der Waals surface area contributed by atoms with Gasteiger partial charge in [-0.05, 0) is 12.1 Å². The number of amides is 1. The van der Waals surface area contributed by atoms with Crippen molar-refractivity contribution in [1.82, 2.24) is 10.4 Å². The second-order valence-corrected chi connectivity index (χ2v) is 4.55. The summed E-state index contributed by atoms with van der Waals surface area (Å²) in [6.45, 7) is 0. The summed E-state index contributed by atoms with van der Waals surface area (Å²) in [6, 6.07) is 5.65. The number of carbonyl (C=O) groups is 1. The number of hydrogen-bond donors (Lipinski definition) is 2. The summed E-state index contributed by atoms with van der Waals surface area (Å²) < 4.78 is 56.4. The van der Waals surface area contributed by atoms with E-state index in [4.69, 9.17) is 4.74 Å². The maximum absolute atomic E-state index is 13.1. The quantitative estimate of drug-likeness (QED) is 0.838. The molecule has 0 aliphatic carbocycles. The van der Waals surface area contributed by atoms with Gasteiger partial charge in [0.25, 0.3) is 18.4 Å². The molecule has 9 heteroatoms. The molecule has 1 fully saturated rings. The molecule has 0 saturated carbocycles. The number of nitrogens with zero attached hydrogens (tertiary/aromatic N) is 1. The molecule has 0 spiro atoms. The number of hydrogen-bond acceptors (Lipinski definition) is 4. The van der Waals surface area contributed by atoms with Gasteiger partial charge in [0.1, 0.15) is 11.4 Å². The Morgan fingerprint density at radius 3 is 2.59 bits per heavy atom. The number of halogens is 4. The molecule has 120 valence electrons. The highest BCUT2D eigenvalue weighted by molar-refractivity contribution is 5.97. The lowest BCUT2D eigenvalue weighted by Crippen LogP contribution is -2.55. The molecule has 2 N–H and O–H groups in total. The molecule has 1 atom stereocenters. The minimum atomic E-state index is -3.45. The van der Waals surface area contributed by atoms with E-state index in [9.17, 15) is 27.5 Å². The highest BCUT2D eigenvalue weighted by Crippen LogP contribution is 2.36. The van der Waals surface area contributed by atoms with Crippen LogP contribution in [-0.2, 0) is 0 Å². The zero-order valence-corrected chi connectivity index (χ0v) is 11.3. The second-order valence-electron chi connectivity index (χ2n) is 4.55. The number of para-hydroxylation sites is 1. The predicted octanol–water partition coefficient (Wildman–Crippen LogP) is 2.11. The Bertz CT molecular complexity index is 619. The third-order valence-electron chi connectivity index (χ3n) is 3.19. The Morgan fingerprint density at radius 1 is 1.41 bits per heavy atom. The summed E-state index contributed by atoms with van der Waals surface area (Å²) in [7, 11) is 1.26. The van der Waals surface area contributed by atoms with Gasteiger partial charge in [-0.25, -0.2) is 13.8 Å². The van der Waals surface area contributed by atoms with Crippen molar-refractivity contribution in [2.24, 2.45) is 0 Å². The van der Waals surface area contributed by atoms with E-state index < -0.39 is 36.3 Å². The molecule has 1 amide bonds. The minimum absolute atomic E-state index is 0.0593. The Morgan fingerprint density at radius 2 is 2.05 bits per heavy atom. The Hall–Kier alpha value is -2.29. The molecule has 2 rings (SSSR count). The number of aliphatic hydroxyl groups is 1. The lowest BCUT2D eigenvalue weighted by atomic mass is 10.1. The number of ether oxygens (including phenoxy) is 1. The smallest absolute Gasteiger partial charge is 0.291 e. The van der Waals surface area contributed by atoms with Crippen LogP contribution in [0.4, 0.5) is 17.6 Å². The van der Waals surface area contributed by atoms with Gasteiger partial charge in [0.2, 0.25) is 5.72 Å². The van der Waals surface area contributed by atoms with Crippen LogP contribution in [-0.4, -0.2) is 35.3 Å². The maximum Gasteiger partial charge on any atom is 0.291 e. The fourth-order valence-electron chi connectivity index (χ4n) is 2.06. The predicted molar refractivity (Wildman–Crippen MR) is 67.1 cm³/mol. The minimum Gasteiger partial charge on any atom is -0.496 e. The van der Waals surface area contributed by atoms with Crippen molar-refractivity contribution >= 4 is 5.91 Å². The van der Waals surface area contributed by atoms with Gasteiger partial charge in [-0.2, -0.15) is 8.78 Å². The van der Waals surface area contributed by atoms with Crippen molar-refractivity contribution in [3.63, 3.8) is 0 Å². The Labute approximate surface area is 122 Å². The Balaban J connectivity index is 2.45. The molecule has 0 aromatic heterocycles. The van der Waals surface area contributed by atoms with Crippen molar-refractivity contribution < 1.29 is 32.2 Å². The third kappa shape index (κ3) is 2.59. The van der Waals surface area contributed by atoms with Crippen LogP contribution < -0.4 is 10.2 Å². The SMILES string of the molecule is COc1ccccc1C(=O)N1NC(=C(F)F)CC1(O)C(F)F. The van der Waals surface area contributed by atoms with E-state index >= 15 is 0 Å². The van der Waals surface area contributed by atoms with Crippen LogP contribution in [0.1, 0.15) is 16.8 Å². The highest BCUT2D eigenvalue weighted by atomic mass is 19.3. The first kappa shape index (κ1) is 16.1. The first-order valence-electron chi connectivity index (χ1n) is 6.10. The number of rotatable bonds is 3. The summed E-state index contributed by atoms with van der Waals surface area (Å²) in [5.41, 5.74) is -2.33. The van der Waals surface area contributed by atoms with Crippen molar-refractivity contribution in [3.05, 3.63) is 41.6 Å². The zero-order valence-electron chi connectivity index (χ0n) is 11.3. The topological polar surface area (TPSA) is 61.8 Å². The van der Waals surface area contributed by atoms with Gasteiger partial charge in [0, 0.05) is 0 Å². The maximum atomic E-state index is 13.1. The molecule has 1 saturated heterocycles. The van der Waals surface area contributed by atoms with Gasteiger partial charge in [-0.15, -0.1) is 0 Å². The molecule has 1 aromatic rings. The molecule has 0 radical (unpaired) electrons. The summed E-state index contributed by atoms with van der Waals surface area (Å²) in [5.74, 6) is -1.06. The summed E-state index contributed by atoms with van der Waals surface area (Å²) in [5, 5.41) is 10.0. The van der Waals surface area contributed by atoms with Crippen LogP contribution in [0.25, 0.3) is 0 Å². The van der Waals surface area contributed by atoms with Crippen LogP contribution >= 0.6 is 0 Å². The number of methoxy groups -OCH3 is 1. The van der Waals surface area contributed by atoms with E-state index in [0.29, 0.717) is 0 Å². The third-order valence-corrected chi connectivity index (χ3v) is 3.19. The van der Waals surface area contributed by atoms with Crippen LogP contribution in [0.15, 0.2) is 36.0 Å². The van der Waals surface area contributed by atoms with E-state index in [1.165, 1.54) is 25.3 Å². The van der Waals surface area contributed by atoms with E-state index in [0.717, 1.165) is 0 Å². The molecule has 1 aliphatic rings. The summed E-state index contributed by atoms with van der Waals surface area (Å²) in [4.78, 5) is 12.3. The molecule has 5 nitrogen and oxygen atoms in total. The molecule has 1 aliphatic heterocycles. The van der Waals surface area contributed by atoms with Crippen LogP contribution in [0, 0.1) is 0 Å².